The Kier molecular flexibility index (Phi) is 5.16. The number of hydrogen-bond donors (Lipinski definition) is 2. The van der Waals surface area contributed by atoms with E-state index in [1.165, 1.54) is 0 Å². The second kappa shape index (κ2) is 7.32. The average Bonchev–Trinajstić information content (AvgIpc) is 2.60. The molecule has 0 aliphatic heterocycles. The summed E-state index contributed by atoms with van der Waals surface area (Å²) in [6, 6.07) is 17.2. The first kappa shape index (κ1) is 16.9. The van der Waals surface area contributed by atoms with Crippen LogP contribution < -0.4 is 10.6 Å². The largest absolute Gasteiger partial charge is 0.325 e. The maximum Gasteiger partial charge on any atom is 0.325 e. The highest BCUT2D eigenvalue weighted by atomic mass is 79.9. The molecule has 0 heterocycles. The fourth-order valence-electron chi connectivity index (χ4n) is 2.55. The Labute approximate surface area is 155 Å². The number of nitrogens with one attached hydrogen (secondary N) is 2. The molecular weight excluding hydrogens is 436 g/mol. The predicted octanol–water partition coefficient (Wildman–Crippen LogP) is 4.80. The topological polar surface area (TPSA) is 58.2 Å². The fourth-order valence-corrected chi connectivity index (χ4v) is 2.96. The van der Waals surface area contributed by atoms with E-state index in [0.717, 1.165) is 21.5 Å². The van der Waals surface area contributed by atoms with Crippen molar-refractivity contribution in [3.05, 3.63) is 54.6 Å². The van der Waals surface area contributed by atoms with E-state index < -0.39 is 16.8 Å². The Hall–Kier alpha value is -1.92. The summed E-state index contributed by atoms with van der Waals surface area (Å²) in [5.41, 5.74) is 0.693. The van der Waals surface area contributed by atoms with Gasteiger partial charge in [-0.15, -0.1) is 0 Å². The van der Waals surface area contributed by atoms with Gasteiger partial charge in [0.15, 0.2) is 0 Å². The molecule has 0 radical (unpaired) electrons. The van der Waals surface area contributed by atoms with Crippen LogP contribution in [0.25, 0.3) is 21.5 Å². The highest BCUT2D eigenvalue weighted by Gasteiger charge is 2.17. The Morgan fingerprint density at radius 1 is 0.958 bits per heavy atom. The van der Waals surface area contributed by atoms with E-state index in [0.29, 0.717) is 11.0 Å². The summed E-state index contributed by atoms with van der Waals surface area (Å²) >= 11 is 6.39. The van der Waals surface area contributed by atoms with Crippen molar-refractivity contribution >= 4 is 71.0 Å². The van der Waals surface area contributed by atoms with Crippen LogP contribution in [0.15, 0.2) is 54.6 Å². The molecule has 3 aromatic rings. The van der Waals surface area contributed by atoms with E-state index in [9.17, 15) is 9.59 Å². The van der Waals surface area contributed by atoms with Crippen molar-refractivity contribution < 1.29 is 9.59 Å². The van der Waals surface area contributed by atoms with Gasteiger partial charge in [0.05, 0.1) is 5.69 Å². The number of imide groups is 1. The Balaban J connectivity index is 2.00. The van der Waals surface area contributed by atoms with E-state index in [4.69, 9.17) is 0 Å². The van der Waals surface area contributed by atoms with Crippen LogP contribution in [-0.4, -0.2) is 22.1 Å². The van der Waals surface area contributed by atoms with Gasteiger partial charge in [-0.1, -0.05) is 80.4 Å². The van der Waals surface area contributed by atoms with E-state index in [-0.39, 0.29) is 0 Å². The zero-order valence-corrected chi connectivity index (χ0v) is 15.7. The van der Waals surface area contributed by atoms with Crippen molar-refractivity contribution in [3.8, 4) is 0 Å². The molecule has 0 saturated heterocycles. The lowest BCUT2D eigenvalue weighted by atomic mass is 10.0. The highest BCUT2D eigenvalue weighted by molar-refractivity contribution is 9.12. The molecule has 2 N–H and O–H groups in total. The third-order valence-electron chi connectivity index (χ3n) is 3.67. The molecule has 1 atom stereocenters. The third kappa shape index (κ3) is 3.44. The maximum absolute atomic E-state index is 12.3. The quantitative estimate of drug-likeness (QED) is 0.445. The lowest BCUT2D eigenvalue weighted by Crippen LogP contribution is -2.39. The monoisotopic (exact) mass is 448 g/mol. The van der Waals surface area contributed by atoms with Gasteiger partial charge in [-0.2, -0.15) is 0 Å². The van der Waals surface area contributed by atoms with E-state index >= 15 is 0 Å². The summed E-state index contributed by atoms with van der Waals surface area (Å²) in [5, 5.41) is 9.49. The number of benzene rings is 3. The Bertz CT molecular complexity index is 873. The Morgan fingerprint density at radius 3 is 2.04 bits per heavy atom. The normalized spacial score (nSPS) is 12.1. The number of fused-ring (bicyclic) bond motifs is 2. The lowest BCUT2D eigenvalue weighted by Gasteiger charge is -2.14. The summed E-state index contributed by atoms with van der Waals surface area (Å²) in [6.07, 6.45) is 0. The minimum absolute atomic E-state index is 0.395. The highest BCUT2D eigenvalue weighted by Crippen LogP contribution is 2.32. The molecular formula is C18H14Br2N2O2. The van der Waals surface area contributed by atoms with Gasteiger partial charge in [0, 0.05) is 16.1 Å². The molecule has 6 heteroatoms. The third-order valence-corrected chi connectivity index (χ3v) is 5.92. The van der Waals surface area contributed by atoms with Crippen molar-refractivity contribution in [1.82, 2.24) is 5.32 Å². The fraction of sp³-hybridized carbons (Fsp3) is 0.111. The number of amides is 3. The van der Waals surface area contributed by atoms with Crippen molar-refractivity contribution in [2.75, 3.05) is 10.6 Å². The lowest BCUT2D eigenvalue weighted by molar-refractivity contribution is -0.118. The van der Waals surface area contributed by atoms with Gasteiger partial charge < -0.3 is 5.32 Å². The second-order valence-electron chi connectivity index (χ2n) is 5.26. The average molecular weight is 450 g/mol. The van der Waals surface area contributed by atoms with Crippen LogP contribution in [0.5, 0.6) is 0 Å². The molecule has 1 unspecified atom stereocenters. The molecule has 0 bridgehead atoms. The number of alkyl halides is 2. The van der Waals surface area contributed by atoms with Crippen molar-refractivity contribution in [2.24, 2.45) is 0 Å². The van der Waals surface area contributed by atoms with Crippen LogP contribution in [0.1, 0.15) is 0 Å². The summed E-state index contributed by atoms with van der Waals surface area (Å²) in [5.74, 6) is -0.395. The van der Waals surface area contributed by atoms with Gasteiger partial charge in [0.25, 0.3) is 0 Å². The molecule has 0 saturated carbocycles. The molecule has 0 fully saturated rings. The number of urea groups is 1. The van der Waals surface area contributed by atoms with Crippen LogP contribution in [0.2, 0.25) is 0 Å². The zero-order valence-electron chi connectivity index (χ0n) is 12.6. The number of rotatable bonds is 3. The maximum atomic E-state index is 12.3. The molecule has 122 valence electrons. The molecule has 0 aromatic heterocycles. The first-order chi connectivity index (χ1) is 11.6. The van der Waals surface area contributed by atoms with E-state index in [2.05, 4.69) is 48.6 Å². The summed E-state index contributed by atoms with van der Waals surface area (Å²) < 4.78 is 0. The molecule has 0 spiro atoms. The summed E-state index contributed by atoms with van der Waals surface area (Å²) in [7, 11) is 0. The standard InChI is InChI=1S/C18H14Br2N2O2/c19-10-15(20)17(23)22-18(24)21-16-13-7-3-1-5-11(13)9-12-6-2-4-8-14(12)16/h1-9,15H,10H2,(H2,21,22,23,24). The van der Waals surface area contributed by atoms with Crippen LogP contribution in [0.4, 0.5) is 10.5 Å². The Morgan fingerprint density at radius 2 is 1.50 bits per heavy atom. The molecule has 4 nitrogen and oxygen atoms in total. The van der Waals surface area contributed by atoms with Crippen LogP contribution in [-0.2, 0) is 4.79 Å². The van der Waals surface area contributed by atoms with E-state index in [1.54, 1.807) is 0 Å². The molecule has 3 amide bonds. The molecule has 24 heavy (non-hydrogen) atoms. The first-order valence-corrected chi connectivity index (χ1v) is 9.36. The smallest absolute Gasteiger partial charge is 0.306 e. The van der Waals surface area contributed by atoms with E-state index in [1.807, 2.05) is 48.5 Å². The molecule has 3 aromatic carbocycles. The number of anilines is 1. The van der Waals surface area contributed by atoms with Crippen molar-refractivity contribution in [3.63, 3.8) is 0 Å². The molecule has 0 aliphatic carbocycles. The van der Waals surface area contributed by atoms with Crippen LogP contribution in [0.3, 0.4) is 0 Å². The molecule has 0 aliphatic rings. The van der Waals surface area contributed by atoms with Crippen LogP contribution in [0, 0.1) is 0 Å². The minimum atomic E-state index is -0.549. The minimum Gasteiger partial charge on any atom is -0.306 e. The second-order valence-corrected chi connectivity index (χ2v) is 7.01. The molecule has 3 rings (SSSR count). The zero-order chi connectivity index (χ0) is 17.1. The van der Waals surface area contributed by atoms with Crippen molar-refractivity contribution in [1.29, 1.82) is 0 Å². The van der Waals surface area contributed by atoms with Gasteiger partial charge in [-0.3, -0.25) is 10.1 Å². The first-order valence-electron chi connectivity index (χ1n) is 7.32. The number of carbonyl (C=O) groups excluding carboxylic acids is 2. The van der Waals surface area contributed by atoms with Crippen molar-refractivity contribution in [2.45, 2.75) is 4.83 Å². The van der Waals surface area contributed by atoms with Gasteiger partial charge in [0.1, 0.15) is 4.83 Å². The van der Waals surface area contributed by atoms with Gasteiger partial charge in [0.2, 0.25) is 5.91 Å². The summed E-state index contributed by atoms with van der Waals surface area (Å²) in [4.78, 5) is 23.6. The van der Waals surface area contributed by atoms with Gasteiger partial charge in [-0.05, 0) is 16.8 Å². The SMILES string of the molecule is O=C(NC(=O)C(Br)CBr)Nc1c2ccccc2cc2ccccc12. The number of halogens is 2. The number of carbonyl (C=O) groups is 2. The number of hydrogen-bond acceptors (Lipinski definition) is 2. The van der Waals surface area contributed by atoms with Gasteiger partial charge in [-0.25, -0.2) is 4.79 Å². The van der Waals surface area contributed by atoms with Crippen LogP contribution >= 0.6 is 31.9 Å². The summed E-state index contributed by atoms with van der Waals surface area (Å²) in [6.45, 7) is 0. The predicted molar refractivity (Wildman–Crippen MR) is 105 cm³/mol. The van der Waals surface area contributed by atoms with Gasteiger partial charge >= 0.3 is 6.03 Å².